The van der Waals surface area contributed by atoms with E-state index < -0.39 is 0 Å². The lowest BCUT2D eigenvalue weighted by molar-refractivity contribution is -0.131. The predicted octanol–water partition coefficient (Wildman–Crippen LogP) is 3.00. The standard InChI is InChI=1S/C21H23FN2O2/c22-19-4-2-1-3-18(19)15-24-11-10-23(9-7-21(24)25)14-16-5-6-20-17(13-16)8-12-26-20/h1-6,13H,7-12,14-15H2. The summed E-state index contributed by atoms with van der Waals surface area (Å²) < 4.78 is 19.5. The van der Waals surface area contributed by atoms with Crippen LogP contribution in [-0.4, -0.2) is 41.9 Å². The second-order valence-electron chi connectivity index (χ2n) is 6.97. The number of ether oxygens (including phenoxy) is 1. The highest BCUT2D eigenvalue weighted by molar-refractivity contribution is 5.76. The van der Waals surface area contributed by atoms with E-state index in [4.69, 9.17) is 4.74 Å². The van der Waals surface area contributed by atoms with E-state index in [1.165, 1.54) is 17.2 Å². The van der Waals surface area contributed by atoms with Gasteiger partial charge in [0.2, 0.25) is 5.91 Å². The second-order valence-corrected chi connectivity index (χ2v) is 6.97. The zero-order valence-corrected chi connectivity index (χ0v) is 14.8. The molecule has 2 aromatic rings. The molecule has 4 nitrogen and oxygen atoms in total. The summed E-state index contributed by atoms with van der Waals surface area (Å²) in [7, 11) is 0. The fourth-order valence-electron chi connectivity index (χ4n) is 3.66. The zero-order valence-electron chi connectivity index (χ0n) is 14.8. The van der Waals surface area contributed by atoms with Crippen LogP contribution in [0.4, 0.5) is 4.39 Å². The van der Waals surface area contributed by atoms with E-state index in [9.17, 15) is 9.18 Å². The molecule has 2 aliphatic heterocycles. The number of hydrogen-bond acceptors (Lipinski definition) is 3. The fraction of sp³-hybridized carbons (Fsp3) is 0.381. The number of benzene rings is 2. The molecule has 5 heteroatoms. The normalized spacial score (nSPS) is 17.7. The Kier molecular flexibility index (Phi) is 4.89. The van der Waals surface area contributed by atoms with Crippen molar-refractivity contribution in [2.45, 2.75) is 25.9 Å². The maximum absolute atomic E-state index is 13.9. The van der Waals surface area contributed by atoms with Crippen LogP contribution in [0.2, 0.25) is 0 Å². The minimum absolute atomic E-state index is 0.0955. The largest absolute Gasteiger partial charge is 0.493 e. The van der Waals surface area contributed by atoms with Crippen molar-refractivity contribution in [3.63, 3.8) is 0 Å². The molecule has 2 aliphatic rings. The summed E-state index contributed by atoms with van der Waals surface area (Å²) in [6, 6.07) is 13.0. The van der Waals surface area contributed by atoms with Crippen molar-refractivity contribution >= 4 is 5.91 Å². The molecule has 2 heterocycles. The summed E-state index contributed by atoms with van der Waals surface area (Å²) in [5, 5.41) is 0. The van der Waals surface area contributed by atoms with E-state index in [1.807, 2.05) is 12.1 Å². The van der Waals surface area contributed by atoms with Crippen LogP contribution < -0.4 is 4.74 Å². The lowest BCUT2D eigenvalue weighted by Gasteiger charge is -2.22. The highest BCUT2D eigenvalue weighted by Gasteiger charge is 2.22. The Morgan fingerprint density at radius 3 is 2.77 bits per heavy atom. The smallest absolute Gasteiger partial charge is 0.224 e. The van der Waals surface area contributed by atoms with Crippen LogP contribution in [-0.2, 0) is 24.3 Å². The Labute approximate surface area is 153 Å². The topological polar surface area (TPSA) is 32.8 Å². The summed E-state index contributed by atoms with van der Waals surface area (Å²) >= 11 is 0. The zero-order chi connectivity index (χ0) is 17.9. The van der Waals surface area contributed by atoms with Gasteiger partial charge in [0.05, 0.1) is 6.61 Å². The molecular weight excluding hydrogens is 331 g/mol. The molecular formula is C21H23FN2O2. The van der Waals surface area contributed by atoms with Crippen molar-refractivity contribution in [1.82, 2.24) is 9.80 Å². The Hall–Kier alpha value is -2.40. The summed E-state index contributed by atoms with van der Waals surface area (Å²) in [6.07, 6.45) is 1.45. The van der Waals surface area contributed by atoms with E-state index in [2.05, 4.69) is 17.0 Å². The number of nitrogens with zero attached hydrogens (tertiary/aromatic N) is 2. The van der Waals surface area contributed by atoms with Crippen molar-refractivity contribution in [1.29, 1.82) is 0 Å². The van der Waals surface area contributed by atoms with Crippen molar-refractivity contribution in [2.24, 2.45) is 0 Å². The molecule has 2 aromatic carbocycles. The number of fused-ring (bicyclic) bond motifs is 1. The first-order chi connectivity index (χ1) is 12.7. The summed E-state index contributed by atoms with van der Waals surface area (Å²) in [5.41, 5.74) is 3.10. The van der Waals surface area contributed by atoms with E-state index >= 15 is 0 Å². The average Bonchev–Trinajstić information content (AvgIpc) is 3.04. The third-order valence-electron chi connectivity index (χ3n) is 5.16. The summed E-state index contributed by atoms with van der Waals surface area (Å²) in [4.78, 5) is 16.5. The first-order valence-electron chi connectivity index (χ1n) is 9.17. The van der Waals surface area contributed by atoms with Gasteiger partial charge in [-0.05, 0) is 23.3 Å². The molecule has 0 aromatic heterocycles. The van der Waals surface area contributed by atoms with Gasteiger partial charge >= 0.3 is 0 Å². The second kappa shape index (κ2) is 7.46. The Bertz CT molecular complexity index is 808. The van der Waals surface area contributed by atoms with Gasteiger partial charge in [-0.25, -0.2) is 4.39 Å². The molecule has 0 N–H and O–H groups in total. The maximum Gasteiger partial charge on any atom is 0.224 e. The minimum Gasteiger partial charge on any atom is -0.493 e. The molecule has 0 atom stereocenters. The lowest BCUT2D eigenvalue weighted by atomic mass is 10.1. The van der Waals surface area contributed by atoms with Gasteiger partial charge in [0.1, 0.15) is 11.6 Å². The van der Waals surface area contributed by atoms with Gasteiger partial charge in [-0.3, -0.25) is 9.69 Å². The monoisotopic (exact) mass is 354 g/mol. The van der Waals surface area contributed by atoms with Gasteiger partial charge in [-0.1, -0.05) is 30.3 Å². The fourth-order valence-corrected chi connectivity index (χ4v) is 3.66. The molecule has 0 unspecified atom stereocenters. The Morgan fingerprint density at radius 1 is 1.00 bits per heavy atom. The van der Waals surface area contributed by atoms with Crippen LogP contribution in [0.15, 0.2) is 42.5 Å². The summed E-state index contributed by atoms with van der Waals surface area (Å²) in [6.45, 7) is 4.10. The molecule has 0 bridgehead atoms. The van der Waals surface area contributed by atoms with Crippen LogP contribution >= 0.6 is 0 Å². The van der Waals surface area contributed by atoms with Crippen molar-refractivity contribution in [2.75, 3.05) is 26.2 Å². The minimum atomic E-state index is -0.248. The van der Waals surface area contributed by atoms with Crippen LogP contribution in [0.5, 0.6) is 5.75 Å². The maximum atomic E-state index is 13.9. The van der Waals surface area contributed by atoms with Crippen LogP contribution in [0.1, 0.15) is 23.1 Å². The predicted molar refractivity (Wildman–Crippen MR) is 97.4 cm³/mol. The van der Waals surface area contributed by atoms with E-state index in [1.54, 1.807) is 17.0 Å². The number of halogens is 1. The van der Waals surface area contributed by atoms with Crippen LogP contribution in [0, 0.1) is 5.82 Å². The number of carbonyl (C=O) groups excluding carboxylic acids is 1. The third kappa shape index (κ3) is 3.73. The van der Waals surface area contributed by atoms with E-state index in [0.717, 1.165) is 38.4 Å². The highest BCUT2D eigenvalue weighted by Crippen LogP contribution is 2.26. The Morgan fingerprint density at radius 2 is 1.88 bits per heavy atom. The SMILES string of the molecule is O=C1CCN(Cc2ccc3c(c2)CCO3)CCN1Cc1ccccc1F. The number of carbonyl (C=O) groups is 1. The summed E-state index contributed by atoms with van der Waals surface area (Å²) in [5.74, 6) is 0.843. The first kappa shape index (κ1) is 17.0. The lowest BCUT2D eigenvalue weighted by Crippen LogP contribution is -2.33. The number of amides is 1. The van der Waals surface area contributed by atoms with Gasteiger partial charge in [0.25, 0.3) is 0 Å². The molecule has 0 spiro atoms. The molecule has 0 aliphatic carbocycles. The van der Waals surface area contributed by atoms with Crippen molar-refractivity contribution in [3.8, 4) is 5.75 Å². The number of rotatable bonds is 4. The van der Waals surface area contributed by atoms with E-state index in [-0.39, 0.29) is 11.7 Å². The van der Waals surface area contributed by atoms with E-state index in [0.29, 0.717) is 25.1 Å². The molecule has 0 radical (unpaired) electrons. The highest BCUT2D eigenvalue weighted by atomic mass is 19.1. The molecule has 4 rings (SSSR count). The third-order valence-corrected chi connectivity index (χ3v) is 5.16. The van der Waals surface area contributed by atoms with Crippen molar-refractivity contribution in [3.05, 3.63) is 65.0 Å². The van der Waals surface area contributed by atoms with Crippen LogP contribution in [0.3, 0.4) is 0 Å². The number of hydrogen-bond donors (Lipinski definition) is 0. The van der Waals surface area contributed by atoms with Gasteiger partial charge in [-0.2, -0.15) is 0 Å². The van der Waals surface area contributed by atoms with Crippen LogP contribution in [0.25, 0.3) is 0 Å². The first-order valence-corrected chi connectivity index (χ1v) is 9.17. The van der Waals surface area contributed by atoms with Gasteiger partial charge in [0, 0.05) is 51.1 Å². The molecule has 1 fully saturated rings. The van der Waals surface area contributed by atoms with Gasteiger partial charge < -0.3 is 9.64 Å². The van der Waals surface area contributed by atoms with Gasteiger partial charge in [0.15, 0.2) is 0 Å². The molecule has 26 heavy (non-hydrogen) atoms. The van der Waals surface area contributed by atoms with Gasteiger partial charge in [-0.15, -0.1) is 0 Å². The quantitative estimate of drug-likeness (QED) is 0.846. The molecule has 0 saturated carbocycles. The molecule has 1 amide bonds. The Balaban J connectivity index is 1.39. The molecule has 136 valence electrons. The molecule has 1 saturated heterocycles. The average molecular weight is 354 g/mol. The van der Waals surface area contributed by atoms with Crippen molar-refractivity contribution < 1.29 is 13.9 Å².